The molecule has 2 aromatic rings. The first-order valence-corrected chi connectivity index (χ1v) is 7.96. The van der Waals surface area contributed by atoms with E-state index in [1.165, 1.54) is 0 Å². The molecule has 1 aliphatic carbocycles. The number of benzene rings is 2. The van der Waals surface area contributed by atoms with Crippen LogP contribution >= 0.6 is 11.6 Å². The lowest BCUT2D eigenvalue weighted by molar-refractivity contribution is -0.122. The lowest BCUT2D eigenvalue weighted by Gasteiger charge is -2.07. The predicted molar refractivity (Wildman–Crippen MR) is 93.3 cm³/mol. The van der Waals surface area contributed by atoms with E-state index in [4.69, 9.17) is 16.3 Å². The number of ether oxygens (including phenoxy) is 1. The second-order valence-electron chi connectivity index (χ2n) is 5.67. The number of hydrogen-bond donors (Lipinski definition) is 2. The van der Waals surface area contributed by atoms with Crippen molar-refractivity contribution in [1.82, 2.24) is 0 Å². The van der Waals surface area contributed by atoms with Gasteiger partial charge in [0.15, 0.2) is 0 Å². The van der Waals surface area contributed by atoms with E-state index in [1.807, 2.05) is 0 Å². The van der Waals surface area contributed by atoms with Crippen molar-refractivity contribution < 1.29 is 14.3 Å². The summed E-state index contributed by atoms with van der Waals surface area (Å²) in [5, 5.41) is 6.16. The third-order valence-corrected chi connectivity index (χ3v) is 4.13. The average molecular weight is 345 g/mol. The van der Waals surface area contributed by atoms with Gasteiger partial charge in [-0.2, -0.15) is 0 Å². The molecule has 0 spiro atoms. The van der Waals surface area contributed by atoms with Gasteiger partial charge in [0.25, 0.3) is 0 Å². The van der Waals surface area contributed by atoms with E-state index in [9.17, 15) is 9.59 Å². The molecular formula is C18H17ClN2O3. The van der Waals surface area contributed by atoms with Gasteiger partial charge in [0, 0.05) is 22.5 Å². The number of methoxy groups -OCH3 is 1. The van der Waals surface area contributed by atoms with Crippen molar-refractivity contribution in [3.05, 3.63) is 53.6 Å². The number of nitrogens with one attached hydrogen (secondary N) is 2. The smallest absolute Gasteiger partial charge is 0.228 e. The van der Waals surface area contributed by atoms with E-state index in [0.717, 1.165) is 0 Å². The van der Waals surface area contributed by atoms with Crippen LogP contribution in [0.3, 0.4) is 0 Å². The first-order chi connectivity index (χ1) is 11.6. The first-order valence-electron chi connectivity index (χ1n) is 7.58. The number of halogens is 1. The number of carbonyl (C=O) groups is 2. The van der Waals surface area contributed by atoms with Crippen molar-refractivity contribution in [2.75, 3.05) is 17.7 Å². The standard InChI is InChI=1S/C18H17ClN2O3/c1-24-14-7-3-6-13(9-14)21-18(23)16-10-15(16)17(22)20-12-5-2-4-11(19)8-12/h2-9,15-16H,10H2,1H3,(H,20,22)(H,21,23). The van der Waals surface area contributed by atoms with Crippen LogP contribution in [-0.2, 0) is 9.59 Å². The number of hydrogen-bond acceptors (Lipinski definition) is 3. The molecular weight excluding hydrogens is 328 g/mol. The Kier molecular flexibility index (Phi) is 4.71. The molecule has 2 N–H and O–H groups in total. The quantitative estimate of drug-likeness (QED) is 0.871. The van der Waals surface area contributed by atoms with Gasteiger partial charge in [-0.15, -0.1) is 0 Å². The monoisotopic (exact) mass is 344 g/mol. The minimum atomic E-state index is -0.311. The summed E-state index contributed by atoms with van der Waals surface area (Å²) in [5.74, 6) is -0.277. The molecule has 124 valence electrons. The third kappa shape index (κ3) is 3.86. The van der Waals surface area contributed by atoms with Crippen LogP contribution in [0.15, 0.2) is 48.5 Å². The number of anilines is 2. The van der Waals surface area contributed by atoms with Crippen molar-refractivity contribution in [3.63, 3.8) is 0 Å². The lowest BCUT2D eigenvalue weighted by Crippen LogP contribution is -2.20. The maximum atomic E-state index is 12.2. The van der Waals surface area contributed by atoms with Crippen molar-refractivity contribution >= 4 is 34.8 Å². The van der Waals surface area contributed by atoms with Gasteiger partial charge in [0.05, 0.1) is 18.9 Å². The summed E-state index contributed by atoms with van der Waals surface area (Å²) in [7, 11) is 1.57. The normalized spacial score (nSPS) is 18.6. The molecule has 0 heterocycles. The van der Waals surface area contributed by atoms with Crippen LogP contribution in [-0.4, -0.2) is 18.9 Å². The van der Waals surface area contributed by atoms with Gasteiger partial charge in [0.2, 0.25) is 11.8 Å². The molecule has 0 bridgehead atoms. The highest BCUT2D eigenvalue weighted by atomic mass is 35.5. The second-order valence-corrected chi connectivity index (χ2v) is 6.11. The van der Waals surface area contributed by atoms with Crippen molar-refractivity contribution in [2.24, 2.45) is 11.8 Å². The lowest BCUT2D eigenvalue weighted by atomic mass is 10.2. The Morgan fingerprint density at radius 2 is 1.58 bits per heavy atom. The Labute approximate surface area is 145 Å². The van der Waals surface area contributed by atoms with E-state index in [1.54, 1.807) is 55.6 Å². The molecule has 2 atom stereocenters. The molecule has 0 aromatic heterocycles. The summed E-state index contributed by atoms with van der Waals surface area (Å²) in [6.45, 7) is 0. The maximum Gasteiger partial charge on any atom is 0.228 e. The van der Waals surface area contributed by atoms with Gasteiger partial charge >= 0.3 is 0 Å². The van der Waals surface area contributed by atoms with Crippen LogP contribution in [0.1, 0.15) is 6.42 Å². The fourth-order valence-electron chi connectivity index (χ4n) is 2.51. The van der Waals surface area contributed by atoms with E-state index in [2.05, 4.69) is 10.6 Å². The van der Waals surface area contributed by atoms with Crippen molar-refractivity contribution in [1.29, 1.82) is 0 Å². The molecule has 5 nitrogen and oxygen atoms in total. The van der Waals surface area contributed by atoms with Gasteiger partial charge in [-0.1, -0.05) is 23.7 Å². The highest BCUT2D eigenvalue weighted by Crippen LogP contribution is 2.40. The molecule has 24 heavy (non-hydrogen) atoms. The van der Waals surface area contributed by atoms with E-state index >= 15 is 0 Å². The Balaban J connectivity index is 1.56. The fourth-order valence-corrected chi connectivity index (χ4v) is 2.70. The van der Waals surface area contributed by atoms with Crippen LogP contribution in [0.2, 0.25) is 5.02 Å². The summed E-state index contributed by atoms with van der Waals surface area (Å²) in [5.41, 5.74) is 1.28. The Bertz CT molecular complexity index is 778. The molecule has 2 aromatic carbocycles. The van der Waals surface area contributed by atoms with Crippen LogP contribution in [0.5, 0.6) is 5.75 Å². The van der Waals surface area contributed by atoms with Gasteiger partial charge in [-0.3, -0.25) is 9.59 Å². The molecule has 1 fully saturated rings. The largest absolute Gasteiger partial charge is 0.497 e. The highest BCUT2D eigenvalue weighted by molar-refractivity contribution is 6.30. The van der Waals surface area contributed by atoms with E-state index in [0.29, 0.717) is 28.6 Å². The summed E-state index contributed by atoms with van der Waals surface area (Å²) in [4.78, 5) is 24.4. The van der Waals surface area contributed by atoms with E-state index < -0.39 is 0 Å². The Morgan fingerprint density at radius 1 is 1.00 bits per heavy atom. The Hall–Kier alpha value is -2.53. The average Bonchev–Trinajstić information content (AvgIpc) is 3.36. The molecule has 1 aliphatic rings. The summed E-state index contributed by atoms with van der Waals surface area (Å²) in [6.07, 6.45) is 0.544. The van der Waals surface area contributed by atoms with Crippen LogP contribution in [0.4, 0.5) is 11.4 Å². The SMILES string of the molecule is COc1cccc(NC(=O)C2CC2C(=O)Nc2cccc(Cl)c2)c1. The topological polar surface area (TPSA) is 67.4 Å². The first kappa shape index (κ1) is 16.3. The zero-order valence-corrected chi connectivity index (χ0v) is 13.8. The minimum Gasteiger partial charge on any atom is -0.497 e. The van der Waals surface area contributed by atoms with Crippen LogP contribution in [0, 0.1) is 11.8 Å². The third-order valence-electron chi connectivity index (χ3n) is 3.89. The highest BCUT2D eigenvalue weighted by Gasteiger charge is 2.48. The zero-order chi connectivity index (χ0) is 17.1. The summed E-state index contributed by atoms with van der Waals surface area (Å²) >= 11 is 5.89. The van der Waals surface area contributed by atoms with Crippen LogP contribution in [0.25, 0.3) is 0 Å². The molecule has 0 aliphatic heterocycles. The van der Waals surface area contributed by atoms with Gasteiger partial charge in [0.1, 0.15) is 5.75 Å². The van der Waals surface area contributed by atoms with Crippen molar-refractivity contribution in [3.8, 4) is 5.75 Å². The maximum absolute atomic E-state index is 12.2. The molecule has 0 radical (unpaired) electrons. The van der Waals surface area contributed by atoms with Gasteiger partial charge < -0.3 is 15.4 Å². The van der Waals surface area contributed by atoms with Gasteiger partial charge in [-0.05, 0) is 36.8 Å². The van der Waals surface area contributed by atoms with Crippen molar-refractivity contribution in [2.45, 2.75) is 6.42 Å². The van der Waals surface area contributed by atoms with Crippen LogP contribution < -0.4 is 15.4 Å². The number of amides is 2. The number of carbonyl (C=O) groups excluding carboxylic acids is 2. The summed E-state index contributed by atoms with van der Waals surface area (Å²) in [6, 6.07) is 14.0. The summed E-state index contributed by atoms with van der Waals surface area (Å²) < 4.78 is 5.12. The van der Waals surface area contributed by atoms with Gasteiger partial charge in [-0.25, -0.2) is 0 Å². The second kappa shape index (κ2) is 6.93. The molecule has 2 unspecified atom stereocenters. The molecule has 3 rings (SSSR count). The molecule has 2 amide bonds. The Morgan fingerprint density at radius 3 is 2.17 bits per heavy atom. The van der Waals surface area contributed by atoms with E-state index in [-0.39, 0.29) is 23.7 Å². The predicted octanol–water partition coefficient (Wildman–Crippen LogP) is 3.56. The minimum absolute atomic E-state index is 0.158. The fraction of sp³-hybridized carbons (Fsp3) is 0.222. The molecule has 0 saturated heterocycles. The number of rotatable bonds is 5. The molecule has 6 heteroatoms. The zero-order valence-electron chi connectivity index (χ0n) is 13.1. The molecule has 1 saturated carbocycles.